The summed E-state index contributed by atoms with van der Waals surface area (Å²) in [4.78, 5) is 38.9. The van der Waals surface area contributed by atoms with Crippen molar-refractivity contribution in [2.24, 2.45) is 5.41 Å². The highest BCUT2D eigenvalue weighted by Gasteiger charge is 2.34. The SMILES string of the molecule is CC(C)(C)C.CC(C)N1CCN(C(=O)C2CCCN2C=O)CC1.CCCCC(CCC)c1ccc(Cl)cc1.CNC(C)=O. The summed E-state index contributed by atoms with van der Waals surface area (Å²) >= 11 is 5.90. The van der Waals surface area contributed by atoms with Crippen LogP contribution < -0.4 is 5.32 Å². The normalized spacial score (nSPS) is 17.4. The number of halogens is 1. The van der Waals surface area contributed by atoms with Crippen molar-refractivity contribution in [3.63, 3.8) is 0 Å². The second-order valence-corrected chi connectivity index (χ2v) is 13.9. The molecule has 0 aromatic heterocycles. The lowest BCUT2D eigenvalue weighted by Crippen LogP contribution is -2.54. The molecule has 0 spiro atoms. The van der Waals surface area contributed by atoms with E-state index in [0.717, 1.165) is 62.9 Å². The molecular formula is C35H63ClN4O3. The summed E-state index contributed by atoms with van der Waals surface area (Å²) in [7, 11) is 1.60. The van der Waals surface area contributed by atoms with Crippen LogP contribution in [0, 0.1) is 5.41 Å². The minimum absolute atomic E-state index is 0.00463. The average Bonchev–Trinajstić information content (AvgIpc) is 3.44. The zero-order valence-corrected chi connectivity index (χ0v) is 29.8. The topological polar surface area (TPSA) is 73.0 Å². The number of nitrogens with one attached hydrogen (secondary N) is 1. The Balaban J connectivity index is 0.000000633. The number of hydrogen-bond donors (Lipinski definition) is 1. The van der Waals surface area contributed by atoms with E-state index in [-0.39, 0.29) is 17.9 Å². The number of likely N-dealkylation sites (tertiary alicyclic amines) is 1. The Labute approximate surface area is 269 Å². The summed E-state index contributed by atoms with van der Waals surface area (Å²) in [6.07, 6.45) is 9.06. The first-order chi connectivity index (χ1) is 20.2. The predicted molar refractivity (Wildman–Crippen MR) is 183 cm³/mol. The summed E-state index contributed by atoms with van der Waals surface area (Å²) in [6.45, 7) is 23.3. The third kappa shape index (κ3) is 19.0. The standard InChI is InChI=1S/C14H21Cl.C13H23N3O2.C5H12.C3H7NO/c1-3-5-7-12(6-4-2)13-8-10-14(15)11-9-13;1-11(2)14-6-8-15(9-7-14)13(18)12-4-3-5-16(12)10-17;1-5(2,3)4;1-3(5)4-2/h8-12H,3-7H2,1-2H3;10-12H,3-9H2,1-2H3;1-4H3;1-2H3,(H,4,5). The second kappa shape index (κ2) is 22.4. The Morgan fingerprint density at radius 3 is 1.93 bits per heavy atom. The molecule has 1 aromatic carbocycles. The monoisotopic (exact) mass is 622 g/mol. The van der Waals surface area contributed by atoms with Gasteiger partial charge in [0.1, 0.15) is 6.04 Å². The number of unbranched alkanes of at least 4 members (excludes halogenated alkanes) is 1. The third-order valence-electron chi connectivity index (χ3n) is 7.31. The number of rotatable bonds is 9. The molecule has 2 aliphatic rings. The smallest absolute Gasteiger partial charge is 0.245 e. The van der Waals surface area contributed by atoms with Gasteiger partial charge in [-0.3, -0.25) is 19.3 Å². The molecule has 3 amide bonds. The molecule has 1 N–H and O–H groups in total. The molecule has 0 aliphatic carbocycles. The summed E-state index contributed by atoms with van der Waals surface area (Å²) in [5.41, 5.74) is 1.95. The Morgan fingerprint density at radius 2 is 1.51 bits per heavy atom. The van der Waals surface area contributed by atoms with Crippen LogP contribution in [0.3, 0.4) is 0 Å². The van der Waals surface area contributed by atoms with Gasteiger partial charge in [-0.1, -0.05) is 84.5 Å². The van der Waals surface area contributed by atoms with Gasteiger partial charge in [-0.25, -0.2) is 0 Å². The van der Waals surface area contributed by atoms with Gasteiger partial charge in [0.05, 0.1) is 0 Å². The fourth-order valence-corrected chi connectivity index (χ4v) is 4.99. The van der Waals surface area contributed by atoms with Crippen LogP contribution in [0.25, 0.3) is 0 Å². The van der Waals surface area contributed by atoms with E-state index in [0.29, 0.717) is 11.5 Å². The molecule has 1 aromatic rings. The van der Waals surface area contributed by atoms with E-state index in [1.54, 1.807) is 11.9 Å². The molecule has 2 saturated heterocycles. The summed E-state index contributed by atoms with van der Waals surface area (Å²) in [6, 6.07) is 8.71. The first-order valence-corrected chi connectivity index (χ1v) is 16.7. The lowest BCUT2D eigenvalue weighted by Gasteiger charge is -2.38. The summed E-state index contributed by atoms with van der Waals surface area (Å²) in [5.74, 6) is 0.875. The zero-order chi connectivity index (χ0) is 33.0. The van der Waals surface area contributed by atoms with Crippen LogP contribution in [0.2, 0.25) is 5.02 Å². The fraction of sp³-hybridized carbons (Fsp3) is 0.743. The van der Waals surface area contributed by atoms with Crippen LogP contribution in [0.5, 0.6) is 0 Å². The van der Waals surface area contributed by atoms with Gasteiger partial charge in [-0.2, -0.15) is 0 Å². The third-order valence-corrected chi connectivity index (χ3v) is 7.56. The molecule has 7 nitrogen and oxygen atoms in total. The molecule has 2 aliphatic heterocycles. The van der Waals surface area contributed by atoms with Gasteiger partial charge in [-0.15, -0.1) is 0 Å². The lowest BCUT2D eigenvalue weighted by molar-refractivity contribution is -0.141. The average molecular weight is 623 g/mol. The van der Waals surface area contributed by atoms with Crippen molar-refractivity contribution < 1.29 is 14.4 Å². The second-order valence-electron chi connectivity index (χ2n) is 13.4. The number of carbonyl (C=O) groups is 3. The number of amides is 3. The van der Waals surface area contributed by atoms with Gasteiger partial charge < -0.3 is 15.1 Å². The van der Waals surface area contributed by atoms with Crippen LogP contribution in [0.1, 0.15) is 119 Å². The number of piperazine rings is 1. The molecule has 248 valence electrons. The van der Waals surface area contributed by atoms with E-state index < -0.39 is 0 Å². The Morgan fingerprint density at radius 1 is 0.977 bits per heavy atom. The van der Waals surface area contributed by atoms with E-state index in [1.807, 2.05) is 17.0 Å². The quantitative estimate of drug-likeness (QED) is 0.292. The Hall–Kier alpha value is -2.12. The largest absolute Gasteiger partial charge is 0.359 e. The minimum Gasteiger partial charge on any atom is -0.359 e. The van der Waals surface area contributed by atoms with Crippen molar-refractivity contribution in [3.05, 3.63) is 34.9 Å². The van der Waals surface area contributed by atoms with Gasteiger partial charge in [-0.05, 0) is 68.6 Å². The molecule has 43 heavy (non-hydrogen) atoms. The van der Waals surface area contributed by atoms with E-state index in [1.165, 1.54) is 44.6 Å². The van der Waals surface area contributed by atoms with Crippen LogP contribution in [0.15, 0.2) is 24.3 Å². The van der Waals surface area contributed by atoms with Crippen molar-refractivity contribution in [2.45, 2.75) is 125 Å². The van der Waals surface area contributed by atoms with Crippen molar-refractivity contribution in [2.75, 3.05) is 39.8 Å². The number of hydrogen-bond acceptors (Lipinski definition) is 4. The lowest BCUT2D eigenvalue weighted by atomic mass is 9.90. The highest BCUT2D eigenvalue weighted by molar-refractivity contribution is 6.30. The Kier molecular flexibility index (Phi) is 21.3. The molecular weight excluding hydrogens is 560 g/mol. The van der Waals surface area contributed by atoms with Crippen LogP contribution in [0.4, 0.5) is 0 Å². The predicted octanol–water partition coefficient (Wildman–Crippen LogP) is 7.38. The van der Waals surface area contributed by atoms with Gasteiger partial charge in [0.2, 0.25) is 18.2 Å². The number of carbonyl (C=O) groups excluding carboxylic acids is 3. The fourth-order valence-electron chi connectivity index (χ4n) is 4.86. The molecule has 3 rings (SSSR count). The van der Waals surface area contributed by atoms with Crippen LogP contribution >= 0.6 is 11.6 Å². The zero-order valence-electron chi connectivity index (χ0n) is 29.0. The van der Waals surface area contributed by atoms with Crippen LogP contribution in [-0.4, -0.2) is 84.8 Å². The van der Waals surface area contributed by atoms with E-state index in [2.05, 4.69) is 77.7 Å². The van der Waals surface area contributed by atoms with Crippen LogP contribution in [-0.2, 0) is 14.4 Å². The summed E-state index contributed by atoms with van der Waals surface area (Å²) in [5, 5.41) is 3.23. The highest BCUT2D eigenvalue weighted by Crippen LogP contribution is 2.27. The molecule has 0 saturated carbocycles. The van der Waals surface area contributed by atoms with E-state index >= 15 is 0 Å². The van der Waals surface area contributed by atoms with E-state index in [9.17, 15) is 14.4 Å². The number of nitrogens with zero attached hydrogens (tertiary/aromatic N) is 3. The maximum atomic E-state index is 12.4. The maximum Gasteiger partial charge on any atom is 0.245 e. The Bertz CT molecular complexity index is 887. The molecule has 0 radical (unpaired) electrons. The van der Waals surface area contributed by atoms with E-state index in [4.69, 9.17) is 11.6 Å². The minimum atomic E-state index is -0.201. The molecule has 2 unspecified atom stereocenters. The molecule has 8 heteroatoms. The first-order valence-electron chi connectivity index (χ1n) is 16.4. The first kappa shape index (κ1) is 40.9. The van der Waals surface area contributed by atoms with Gasteiger partial charge in [0.15, 0.2) is 0 Å². The maximum absolute atomic E-state index is 12.4. The molecule has 0 bridgehead atoms. The van der Waals surface area contributed by atoms with Crippen molar-refractivity contribution in [1.29, 1.82) is 0 Å². The molecule has 2 atom stereocenters. The van der Waals surface area contributed by atoms with Crippen molar-refractivity contribution >= 4 is 29.8 Å². The van der Waals surface area contributed by atoms with Gasteiger partial charge >= 0.3 is 0 Å². The summed E-state index contributed by atoms with van der Waals surface area (Å²) < 4.78 is 0. The van der Waals surface area contributed by atoms with Gasteiger partial charge in [0, 0.05) is 57.8 Å². The van der Waals surface area contributed by atoms with Crippen molar-refractivity contribution in [1.82, 2.24) is 20.0 Å². The van der Waals surface area contributed by atoms with Crippen molar-refractivity contribution in [3.8, 4) is 0 Å². The molecule has 2 fully saturated rings. The van der Waals surface area contributed by atoms with Gasteiger partial charge in [0.25, 0.3) is 0 Å². The molecule has 2 heterocycles. The highest BCUT2D eigenvalue weighted by atomic mass is 35.5. The number of benzene rings is 1.